The van der Waals surface area contributed by atoms with Gasteiger partial charge in [0.1, 0.15) is 23.2 Å². The van der Waals surface area contributed by atoms with Gasteiger partial charge in [0.05, 0.1) is 18.2 Å². The van der Waals surface area contributed by atoms with E-state index in [1.54, 1.807) is 18.2 Å². The molecule has 1 aromatic carbocycles. The van der Waals surface area contributed by atoms with E-state index in [2.05, 4.69) is 15.6 Å². The molecule has 0 saturated carbocycles. The van der Waals surface area contributed by atoms with E-state index in [0.29, 0.717) is 5.76 Å². The zero-order chi connectivity index (χ0) is 19.4. The highest BCUT2D eigenvalue weighted by Crippen LogP contribution is 2.11. The largest absolute Gasteiger partial charge is 0.463 e. The van der Waals surface area contributed by atoms with Crippen molar-refractivity contribution in [3.63, 3.8) is 0 Å². The van der Waals surface area contributed by atoms with E-state index in [4.69, 9.17) is 4.42 Å². The van der Waals surface area contributed by atoms with E-state index in [-0.39, 0.29) is 22.5 Å². The third kappa shape index (κ3) is 3.64. The minimum atomic E-state index is -0.720. The predicted octanol–water partition coefficient (Wildman–Crippen LogP) is 1.91. The molecule has 134 valence electrons. The first-order valence-electron chi connectivity index (χ1n) is 7.68. The maximum atomic E-state index is 13.1. The van der Waals surface area contributed by atoms with Crippen molar-refractivity contribution in [1.82, 2.24) is 15.2 Å². The van der Waals surface area contributed by atoms with Crippen LogP contribution in [0.25, 0.3) is 5.69 Å². The topological polar surface area (TPSA) is 113 Å². The number of halogens is 1. The van der Waals surface area contributed by atoms with Crippen molar-refractivity contribution in [3.05, 3.63) is 81.4 Å². The van der Waals surface area contributed by atoms with Crippen molar-refractivity contribution in [3.8, 4) is 11.8 Å². The number of hydrogen-bond acceptors (Lipinski definition) is 6. The summed E-state index contributed by atoms with van der Waals surface area (Å²) in [6, 6.07) is 9.99. The number of furan rings is 1. The van der Waals surface area contributed by atoms with Crippen LogP contribution in [0.1, 0.15) is 27.4 Å². The van der Waals surface area contributed by atoms with Gasteiger partial charge in [-0.2, -0.15) is 20.1 Å². The molecule has 27 heavy (non-hydrogen) atoms. The Kier molecular flexibility index (Phi) is 4.90. The summed E-state index contributed by atoms with van der Waals surface area (Å²) in [5, 5.41) is 17.1. The minimum absolute atomic E-state index is 0.117. The van der Waals surface area contributed by atoms with Crippen LogP contribution >= 0.6 is 0 Å². The highest BCUT2D eigenvalue weighted by atomic mass is 19.1. The van der Waals surface area contributed by atoms with Gasteiger partial charge in [-0.25, -0.2) is 9.82 Å². The second-order valence-electron chi connectivity index (χ2n) is 5.37. The molecule has 8 nitrogen and oxygen atoms in total. The number of hydrazone groups is 1. The normalized spacial score (nSPS) is 10.7. The summed E-state index contributed by atoms with van der Waals surface area (Å²) in [6.07, 6.45) is 2.74. The van der Waals surface area contributed by atoms with Crippen LogP contribution in [0.3, 0.4) is 0 Å². The number of rotatable bonds is 4. The van der Waals surface area contributed by atoms with E-state index in [1.807, 2.05) is 0 Å². The lowest BCUT2D eigenvalue weighted by Crippen LogP contribution is -2.31. The maximum absolute atomic E-state index is 13.1. The molecule has 1 N–H and O–H groups in total. The van der Waals surface area contributed by atoms with Crippen molar-refractivity contribution < 1.29 is 13.6 Å². The third-order valence-corrected chi connectivity index (χ3v) is 3.64. The summed E-state index contributed by atoms with van der Waals surface area (Å²) in [7, 11) is 0. The fourth-order valence-electron chi connectivity index (χ4n) is 2.28. The Morgan fingerprint density at radius 3 is 2.74 bits per heavy atom. The van der Waals surface area contributed by atoms with E-state index < -0.39 is 17.3 Å². The third-order valence-electron chi connectivity index (χ3n) is 3.64. The Hall–Kier alpha value is -4.06. The molecule has 2 heterocycles. The number of carbonyl (C=O) groups is 1. The molecule has 0 aliphatic heterocycles. The molecule has 0 unspecified atom stereocenters. The van der Waals surface area contributed by atoms with E-state index >= 15 is 0 Å². The average molecular weight is 365 g/mol. The Balaban J connectivity index is 2.00. The van der Waals surface area contributed by atoms with Crippen molar-refractivity contribution in [2.75, 3.05) is 0 Å². The van der Waals surface area contributed by atoms with Gasteiger partial charge in [0.2, 0.25) is 0 Å². The van der Waals surface area contributed by atoms with Crippen molar-refractivity contribution in [1.29, 1.82) is 5.26 Å². The molecule has 0 aliphatic rings. The monoisotopic (exact) mass is 365 g/mol. The van der Waals surface area contributed by atoms with Crippen LogP contribution in [-0.2, 0) is 0 Å². The van der Waals surface area contributed by atoms with Gasteiger partial charge in [0.15, 0.2) is 5.69 Å². The lowest BCUT2D eigenvalue weighted by atomic mass is 10.1. The standard InChI is InChI=1S/C18H12FN5O3/c1-11-15(9-20)18(26)24(13-6-4-12(19)5-7-13)23-16(11)17(25)22-21-10-14-3-2-8-27-14/h2-8,10H,1H3,(H,22,25)/b21-10+. The molecule has 3 rings (SSSR count). The van der Waals surface area contributed by atoms with Crippen molar-refractivity contribution in [2.24, 2.45) is 5.10 Å². The summed E-state index contributed by atoms with van der Waals surface area (Å²) < 4.78 is 19.0. The number of nitrogens with zero attached hydrogens (tertiary/aromatic N) is 4. The Bertz CT molecular complexity index is 1110. The van der Waals surface area contributed by atoms with Crippen LogP contribution < -0.4 is 11.0 Å². The summed E-state index contributed by atoms with van der Waals surface area (Å²) >= 11 is 0. The Morgan fingerprint density at radius 1 is 1.37 bits per heavy atom. The Morgan fingerprint density at radius 2 is 2.11 bits per heavy atom. The number of nitriles is 1. The van der Waals surface area contributed by atoms with Crippen LogP contribution in [0.4, 0.5) is 4.39 Å². The van der Waals surface area contributed by atoms with Gasteiger partial charge in [-0.1, -0.05) is 0 Å². The molecule has 0 spiro atoms. The molecule has 0 fully saturated rings. The molecule has 0 bridgehead atoms. The zero-order valence-electron chi connectivity index (χ0n) is 14.0. The van der Waals surface area contributed by atoms with Crippen LogP contribution in [0, 0.1) is 24.1 Å². The maximum Gasteiger partial charge on any atom is 0.292 e. The number of carbonyl (C=O) groups excluding carboxylic acids is 1. The van der Waals surface area contributed by atoms with Crippen LogP contribution in [0.5, 0.6) is 0 Å². The SMILES string of the molecule is Cc1c(C(=O)N/N=C/c2ccco2)nn(-c2ccc(F)cc2)c(=O)c1C#N. The van der Waals surface area contributed by atoms with E-state index in [1.165, 1.54) is 31.5 Å². The summed E-state index contributed by atoms with van der Waals surface area (Å²) in [5.74, 6) is -0.790. The lowest BCUT2D eigenvalue weighted by Gasteiger charge is -2.10. The smallest absolute Gasteiger partial charge is 0.292 e. The van der Waals surface area contributed by atoms with E-state index in [9.17, 15) is 19.2 Å². The summed E-state index contributed by atoms with van der Waals surface area (Å²) in [5.41, 5.74) is 1.48. The first kappa shape index (κ1) is 17.8. The molecule has 2 aromatic heterocycles. The highest BCUT2D eigenvalue weighted by molar-refractivity contribution is 5.94. The van der Waals surface area contributed by atoms with Gasteiger partial charge in [0, 0.05) is 5.56 Å². The van der Waals surface area contributed by atoms with Gasteiger partial charge in [-0.05, 0) is 43.3 Å². The second kappa shape index (κ2) is 7.45. The summed E-state index contributed by atoms with van der Waals surface area (Å²) in [6.45, 7) is 1.44. The minimum Gasteiger partial charge on any atom is -0.463 e. The van der Waals surface area contributed by atoms with Crippen LogP contribution in [-0.4, -0.2) is 21.9 Å². The fourth-order valence-corrected chi connectivity index (χ4v) is 2.28. The Labute approximate surface area is 152 Å². The van der Waals surface area contributed by atoms with Gasteiger partial charge < -0.3 is 4.42 Å². The van der Waals surface area contributed by atoms with Crippen LogP contribution in [0.2, 0.25) is 0 Å². The average Bonchev–Trinajstić information content (AvgIpc) is 3.17. The van der Waals surface area contributed by atoms with Crippen LogP contribution in [0.15, 0.2) is 57.0 Å². The van der Waals surface area contributed by atoms with E-state index in [0.717, 1.165) is 16.8 Å². The molecule has 0 aliphatic carbocycles. The first-order chi connectivity index (χ1) is 13.0. The number of amides is 1. The molecular weight excluding hydrogens is 353 g/mol. The predicted molar refractivity (Wildman–Crippen MR) is 93.0 cm³/mol. The zero-order valence-corrected chi connectivity index (χ0v) is 14.0. The number of nitrogens with one attached hydrogen (secondary N) is 1. The van der Waals surface area contributed by atoms with Crippen molar-refractivity contribution >= 4 is 12.1 Å². The molecule has 0 atom stereocenters. The number of hydrogen-bond donors (Lipinski definition) is 1. The molecule has 9 heteroatoms. The molecular formula is C18H12FN5O3. The lowest BCUT2D eigenvalue weighted by molar-refractivity contribution is 0.0947. The van der Waals surface area contributed by atoms with Gasteiger partial charge in [0.25, 0.3) is 11.5 Å². The van der Waals surface area contributed by atoms with Crippen molar-refractivity contribution in [2.45, 2.75) is 6.92 Å². The molecule has 0 saturated heterocycles. The first-order valence-corrected chi connectivity index (χ1v) is 7.68. The van der Waals surface area contributed by atoms with Gasteiger partial charge in [-0.15, -0.1) is 0 Å². The number of aromatic nitrogens is 2. The second-order valence-corrected chi connectivity index (χ2v) is 5.37. The quantitative estimate of drug-likeness (QED) is 0.560. The fraction of sp³-hybridized carbons (Fsp3) is 0.0556. The highest BCUT2D eigenvalue weighted by Gasteiger charge is 2.20. The summed E-state index contributed by atoms with van der Waals surface area (Å²) in [4.78, 5) is 24.9. The molecule has 3 aromatic rings. The molecule has 1 amide bonds. The van der Waals surface area contributed by atoms with Gasteiger partial charge in [-0.3, -0.25) is 9.59 Å². The molecule has 0 radical (unpaired) electrons. The van der Waals surface area contributed by atoms with Gasteiger partial charge >= 0.3 is 0 Å². The number of benzene rings is 1.